The molecule has 0 heterocycles. The first-order chi connectivity index (χ1) is 9.70. The summed E-state index contributed by atoms with van der Waals surface area (Å²) in [5, 5.41) is 3.49. The van der Waals surface area contributed by atoms with Gasteiger partial charge in [-0.05, 0) is 44.3 Å². The SMILES string of the molecule is CNC(c1ccccc1)C(C)CN(C)CC1CCCC1. The summed E-state index contributed by atoms with van der Waals surface area (Å²) in [6.45, 7) is 4.80. The zero-order valence-corrected chi connectivity index (χ0v) is 13.3. The third-order valence-electron chi connectivity index (χ3n) is 4.68. The smallest absolute Gasteiger partial charge is 0.0355 e. The van der Waals surface area contributed by atoms with E-state index in [1.807, 2.05) is 0 Å². The Labute approximate surface area is 124 Å². The van der Waals surface area contributed by atoms with E-state index in [4.69, 9.17) is 0 Å². The van der Waals surface area contributed by atoms with Gasteiger partial charge in [-0.3, -0.25) is 0 Å². The third-order valence-corrected chi connectivity index (χ3v) is 4.68. The second-order valence-corrected chi connectivity index (χ2v) is 6.53. The van der Waals surface area contributed by atoms with E-state index in [0.29, 0.717) is 12.0 Å². The van der Waals surface area contributed by atoms with E-state index in [0.717, 1.165) is 12.5 Å². The van der Waals surface area contributed by atoms with Gasteiger partial charge in [0.05, 0.1) is 0 Å². The molecule has 2 rings (SSSR count). The second-order valence-electron chi connectivity index (χ2n) is 6.53. The molecule has 0 saturated heterocycles. The van der Waals surface area contributed by atoms with Gasteiger partial charge in [0.25, 0.3) is 0 Å². The first kappa shape index (κ1) is 15.5. The highest BCUT2D eigenvalue weighted by molar-refractivity contribution is 5.19. The number of rotatable bonds is 7. The van der Waals surface area contributed by atoms with E-state index in [1.165, 1.54) is 37.8 Å². The fraction of sp³-hybridized carbons (Fsp3) is 0.667. The topological polar surface area (TPSA) is 15.3 Å². The molecule has 1 aliphatic rings. The summed E-state index contributed by atoms with van der Waals surface area (Å²) in [5.41, 5.74) is 1.40. The molecule has 1 saturated carbocycles. The fourth-order valence-electron chi connectivity index (χ4n) is 3.75. The van der Waals surface area contributed by atoms with Crippen LogP contribution in [0.3, 0.4) is 0 Å². The molecular weight excluding hydrogens is 244 g/mol. The van der Waals surface area contributed by atoms with Crippen LogP contribution in [-0.2, 0) is 0 Å². The summed E-state index contributed by atoms with van der Waals surface area (Å²) in [4.78, 5) is 2.54. The van der Waals surface area contributed by atoms with E-state index in [1.54, 1.807) is 0 Å². The van der Waals surface area contributed by atoms with Crippen LogP contribution in [0.5, 0.6) is 0 Å². The number of hydrogen-bond donors (Lipinski definition) is 1. The zero-order valence-electron chi connectivity index (χ0n) is 13.3. The molecule has 20 heavy (non-hydrogen) atoms. The van der Waals surface area contributed by atoms with Crippen molar-refractivity contribution in [3.63, 3.8) is 0 Å². The highest BCUT2D eigenvalue weighted by atomic mass is 15.1. The summed E-state index contributed by atoms with van der Waals surface area (Å²) >= 11 is 0. The van der Waals surface area contributed by atoms with Gasteiger partial charge in [-0.15, -0.1) is 0 Å². The van der Waals surface area contributed by atoms with Crippen LogP contribution >= 0.6 is 0 Å². The lowest BCUT2D eigenvalue weighted by molar-refractivity contribution is 0.222. The van der Waals surface area contributed by atoms with Gasteiger partial charge in [-0.1, -0.05) is 50.1 Å². The third kappa shape index (κ3) is 4.32. The van der Waals surface area contributed by atoms with Crippen molar-refractivity contribution in [2.45, 2.75) is 38.6 Å². The molecule has 1 aromatic carbocycles. The summed E-state index contributed by atoms with van der Waals surface area (Å²) in [6, 6.07) is 11.3. The summed E-state index contributed by atoms with van der Waals surface area (Å²) < 4.78 is 0. The lowest BCUT2D eigenvalue weighted by Gasteiger charge is -2.29. The summed E-state index contributed by atoms with van der Waals surface area (Å²) in [7, 11) is 4.36. The predicted octanol–water partition coefficient (Wildman–Crippen LogP) is 3.71. The van der Waals surface area contributed by atoms with E-state index < -0.39 is 0 Å². The molecule has 112 valence electrons. The monoisotopic (exact) mass is 274 g/mol. The van der Waals surface area contributed by atoms with Crippen molar-refractivity contribution in [1.29, 1.82) is 0 Å². The highest BCUT2D eigenvalue weighted by Gasteiger charge is 2.21. The highest BCUT2D eigenvalue weighted by Crippen LogP contribution is 2.26. The molecule has 2 nitrogen and oxygen atoms in total. The summed E-state index contributed by atoms with van der Waals surface area (Å²) in [5.74, 6) is 1.56. The van der Waals surface area contributed by atoms with Gasteiger partial charge in [0, 0.05) is 19.1 Å². The van der Waals surface area contributed by atoms with Crippen molar-refractivity contribution in [2.75, 3.05) is 27.2 Å². The van der Waals surface area contributed by atoms with Gasteiger partial charge >= 0.3 is 0 Å². The van der Waals surface area contributed by atoms with Crippen LogP contribution in [0.25, 0.3) is 0 Å². The molecule has 0 bridgehead atoms. The molecular formula is C18H30N2. The van der Waals surface area contributed by atoms with E-state index in [2.05, 4.69) is 61.6 Å². The Hall–Kier alpha value is -0.860. The Balaban J connectivity index is 1.86. The van der Waals surface area contributed by atoms with E-state index in [9.17, 15) is 0 Å². The first-order valence-electron chi connectivity index (χ1n) is 8.11. The Morgan fingerprint density at radius 1 is 1.20 bits per heavy atom. The van der Waals surface area contributed by atoms with Gasteiger partial charge < -0.3 is 10.2 Å². The fourth-order valence-corrected chi connectivity index (χ4v) is 3.75. The van der Waals surface area contributed by atoms with Crippen molar-refractivity contribution in [3.05, 3.63) is 35.9 Å². The number of hydrogen-bond acceptors (Lipinski definition) is 2. The van der Waals surface area contributed by atoms with Crippen LogP contribution in [0.4, 0.5) is 0 Å². The van der Waals surface area contributed by atoms with Crippen molar-refractivity contribution in [2.24, 2.45) is 11.8 Å². The lowest BCUT2D eigenvalue weighted by Crippen LogP contribution is -2.34. The van der Waals surface area contributed by atoms with Crippen molar-refractivity contribution in [1.82, 2.24) is 10.2 Å². The van der Waals surface area contributed by atoms with Gasteiger partial charge in [0.1, 0.15) is 0 Å². The number of benzene rings is 1. The molecule has 0 aromatic heterocycles. The van der Waals surface area contributed by atoms with Gasteiger partial charge in [0.15, 0.2) is 0 Å². The molecule has 2 heteroatoms. The normalized spacial score (nSPS) is 19.4. The molecule has 0 aliphatic heterocycles. The summed E-state index contributed by atoms with van der Waals surface area (Å²) in [6.07, 6.45) is 5.76. The van der Waals surface area contributed by atoms with Crippen LogP contribution in [0.1, 0.15) is 44.2 Å². The van der Waals surface area contributed by atoms with Crippen LogP contribution in [0, 0.1) is 11.8 Å². The van der Waals surface area contributed by atoms with Crippen molar-refractivity contribution >= 4 is 0 Å². The second kappa shape index (κ2) is 7.80. The average molecular weight is 274 g/mol. The van der Waals surface area contributed by atoms with Gasteiger partial charge in [0.2, 0.25) is 0 Å². The molecule has 0 spiro atoms. The lowest BCUT2D eigenvalue weighted by atomic mass is 9.94. The molecule has 0 radical (unpaired) electrons. The number of nitrogens with one attached hydrogen (secondary N) is 1. The average Bonchev–Trinajstić information content (AvgIpc) is 2.93. The molecule has 0 amide bonds. The van der Waals surface area contributed by atoms with E-state index in [-0.39, 0.29) is 0 Å². The van der Waals surface area contributed by atoms with Gasteiger partial charge in [-0.2, -0.15) is 0 Å². The maximum absolute atomic E-state index is 3.49. The van der Waals surface area contributed by atoms with Crippen LogP contribution < -0.4 is 5.32 Å². The minimum atomic E-state index is 0.447. The Bertz CT molecular complexity index is 370. The van der Waals surface area contributed by atoms with Crippen LogP contribution in [0.2, 0.25) is 0 Å². The van der Waals surface area contributed by atoms with Crippen LogP contribution in [0.15, 0.2) is 30.3 Å². The Morgan fingerprint density at radius 3 is 2.45 bits per heavy atom. The minimum Gasteiger partial charge on any atom is -0.313 e. The first-order valence-corrected chi connectivity index (χ1v) is 8.11. The molecule has 1 fully saturated rings. The molecule has 1 N–H and O–H groups in total. The number of nitrogens with zero attached hydrogens (tertiary/aromatic N) is 1. The maximum Gasteiger partial charge on any atom is 0.0355 e. The largest absolute Gasteiger partial charge is 0.313 e. The van der Waals surface area contributed by atoms with Crippen LogP contribution in [-0.4, -0.2) is 32.1 Å². The van der Waals surface area contributed by atoms with Crippen molar-refractivity contribution < 1.29 is 0 Å². The molecule has 2 atom stereocenters. The molecule has 2 unspecified atom stereocenters. The molecule has 1 aromatic rings. The Morgan fingerprint density at radius 2 is 1.85 bits per heavy atom. The zero-order chi connectivity index (χ0) is 14.4. The Kier molecular flexibility index (Phi) is 6.06. The maximum atomic E-state index is 3.49. The molecule has 1 aliphatic carbocycles. The van der Waals surface area contributed by atoms with Gasteiger partial charge in [-0.25, -0.2) is 0 Å². The van der Waals surface area contributed by atoms with E-state index >= 15 is 0 Å². The predicted molar refractivity (Wildman–Crippen MR) is 86.9 cm³/mol. The van der Waals surface area contributed by atoms with Crippen molar-refractivity contribution in [3.8, 4) is 0 Å². The quantitative estimate of drug-likeness (QED) is 0.815. The minimum absolute atomic E-state index is 0.447. The standard InChI is InChI=1S/C18H30N2/c1-15(13-20(3)14-16-9-7-8-10-16)18(19-2)17-11-5-4-6-12-17/h4-6,11-12,15-16,18-19H,7-10,13-14H2,1-3H3.